The molecule has 1 fully saturated rings. The van der Waals surface area contributed by atoms with Crippen molar-refractivity contribution in [1.29, 1.82) is 0 Å². The summed E-state index contributed by atoms with van der Waals surface area (Å²) in [6.45, 7) is 14.3. The third kappa shape index (κ3) is 1.76. The maximum atomic E-state index is 2.70. The highest BCUT2D eigenvalue weighted by Crippen LogP contribution is 2.40. The summed E-state index contributed by atoms with van der Waals surface area (Å²) in [6.07, 6.45) is 2.71. The van der Waals surface area contributed by atoms with Crippen LogP contribution in [0.5, 0.6) is 0 Å². The molecule has 0 aromatic carbocycles. The first-order valence-corrected chi connectivity index (χ1v) is 5.81. The first-order valence-electron chi connectivity index (χ1n) is 5.81. The van der Waals surface area contributed by atoms with Crippen LogP contribution in [-0.2, 0) is 0 Å². The van der Waals surface area contributed by atoms with Gasteiger partial charge in [0.05, 0.1) is 0 Å². The van der Waals surface area contributed by atoms with Crippen LogP contribution < -0.4 is 0 Å². The molecule has 0 radical (unpaired) electrons. The molecule has 1 heteroatoms. The predicted octanol–water partition coefficient (Wildman–Crippen LogP) is 3.15. The third-order valence-electron chi connectivity index (χ3n) is 3.93. The Hall–Kier alpha value is -0.0400. The fraction of sp³-hybridized carbons (Fsp3) is 1.00. The summed E-state index contributed by atoms with van der Waals surface area (Å²) >= 11 is 0. The monoisotopic (exact) mass is 183 g/mol. The van der Waals surface area contributed by atoms with E-state index in [0.29, 0.717) is 5.54 Å². The Morgan fingerprint density at radius 1 is 1.38 bits per heavy atom. The van der Waals surface area contributed by atoms with Gasteiger partial charge in [0, 0.05) is 12.1 Å². The molecule has 1 saturated heterocycles. The van der Waals surface area contributed by atoms with Crippen LogP contribution in [0.4, 0.5) is 0 Å². The maximum absolute atomic E-state index is 2.70. The zero-order chi connectivity index (χ0) is 10.1. The molecule has 0 N–H and O–H groups in total. The molecule has 1 heterocycles. The third-order valence-corrected chi connectivity index (χ3v) is 3.93. The van der Waals surface area contributed by atoms with E-state index < -0.39 is 0 Å². The number of rotatable bonds is 3. The van der Waals surface area contributed by atoms with Crippen molar-refractivity contribution in [2.45, 2.75) is 53.0 Å². The number of hydrogen-bond donors (Lipinski definition) is 0. The van der Waals surface area contributed by atoms with Gasteiger partial charge in [-0.3, -0.25) is 4.90 Å². The second-order valence-electron chi connectivity index (χ2n) is 4.96. The van der Waals surface area contributed by atoms with Gasteiger partial charge in [-0.05, 0) is 31.2 Å². The molecule has 0 aromatic heterocycles. The lowest BCUT2D eigenvalue weighted by Crippen LogP contribution is -2.47. The average molecular weight is 183 g/mol. The van der Waals surface area contributed by atoms with Gasteiger partial charge in [-0.2, -0.15) is 0 Å². The van der Waals surface area contributed by atoms with Crippen molar-refractivity contribution in [1.82, 2.24) is 4.90 Å². The topological polar surface area (TPSA) is 3.24 Å². The molecule has 0 aromatic rings. The zero-order valence-electron chi connectivity index (χ0n) is 9.93. The Morgan fingerprint density at radius 3 is 2.31 bits per heavy atom. The van der Waals surface area contributed by atoms with Gasteiger partial charge in [-0.1, -0.05) is 34.6 Å². The van der Waals surface area contributed by atoms with E-state index in [4.69, 9.17) is 0 Å². The summed E-state index contributed by atoms with van der Waals surface area (Å²) in [5, 5.41) is 0. The first kappa shape index (κ1) is 11.0. The molecule has 1 rings (SSSR count). The number of likely N-dealkylation sites (tertiary alicyclic amines) is 1. The molecule has 0 amide bonds. The number of nitrogens with zero attached hydrogens (tertiary/aromatic N) is 1. The standard InChI is InChI=1S/C12H25N/c1-6-12(10(3)4)8-11(5)9-13(12)7-2/h10-11H,6-9H2,1-5H3. The zero-order valence-corrected chi connectivity index (χ0v) is 9.93. The predicted molar refractivity (Wildman–Crippen MR) is 58.9 cm³/mol. The Labute approximate surface area is 83.5 Å². The van der Waals surface area contributed by atoms with Crippen molar-refractivity contribution >= 4 is 0 Å². The summed E-state index contributed by atoms with van der Waals surface area (Å²) in [7, 11) is 0. The van der Waals surface area contributed by atoms with Crippen molar-refractivity contribution in [2.75, 3.05) is 13.1 Å². The molecule has 0 spiro atoms. The van der Waals surface area contributed by atoms with Crippen molar-refractivity contribution in [3.05, 3.63) is 0 Å². The van der Waals surface area contributed by atoms with Gasteiger partial charge in [0.25, 0.3) is 0 Å². The van der Waals surface area contributed by atoms with E-state index in [9.17, 15) is 0 Å². The van der Waals surface area contributed by atoms with Gasteiger partial charge in [0.2, 0.25) is 0 Å². The molecule has 1 nitrogen and oxygen atoms in total. The second kappa shape index (κ2) is 4.00. The van der Waals surface area contributed by atoms with Gasteiger partial charge in [-0.25, -0.2) is 0 Å². The van der Waals surface area contributed by atoms with Crippen LogP contribution in [-0.4, -0.2) is 23.5 Å². The van der Waals surface area contributed by atoms with E-state index in [1.165, 1.54) is 25.9 Å². The molecule has 1 aliphatic rings. The van der Waals surface area contributed by atoms with Crippen LogP contribution >= 0.6 is 0 Å². The Kier molecular flexibility index (Phi) is 3.39. The van der Waals surface area contributed by atoms with Gasteiger partial charge >= 0.3 is 0 Å². The Balaban J connectivity index is 2.83. The molecule has 0 aliphatic carbocycles. The normalized spacial score (nSPS) is 36.0. The summed E-state index contributed by atoms with van der Waals surface area (Å²) in [4.78, 5) is 2.70. The van der Waals surface area contributed by atoms with Gasteiger partial charge in [0.15, 0.2) is 0 Å². The van der Waals surface area contributed by atoms with E-state index in [1.54, 1.807) is 0 Å². The van der Waals surface area contributed by atoms with Crippen molar-refractivity contribution in [3.8, 4) is 0 Å². The lowest BCUT2D eigenvalue weighted by Gasteiger charge is -2.41. The fourth-order valence-corrected chi connectivity index (χ4v) is 3.18. The van der Waals surface area contributed by atoms with E-state index in [-0.39, 0.29) is 0 Å². The molecule has 2 unspecified atom stereocenters. The molecule has 78 valence electrons. The van der Waals surface area contributed by atoms with E-state index >= 15 is 0 Å². The molecule has 0 bridgehead atoms. The first-order chi connectivity index (χ1) is 6.06. The minimum Gasteiger partial charge on any atom is -0.297 e. The van der Waals surface area contributed by atoms with Crippen molar-refractivity contribution in [2.24, 2.45) is 11.8 Å². The van der Waals surface area contributed by atoms with E-state index in [2.05, 4.69) is 39.5 Å². The molecular formula is C12H25N. The largest absolute Gasteiger partial charge is 0.297 e. The van der Waals surface area contributed by atoms with Crippen LogP contribution in [0.15, 0.2) is 0 Å². The Morgan fingerprint density at radius 2 is 2.00 bits per heavy atom. The lowest BCUT2D eigenvalue weighted by molar-refractivity contribution is 0.0883. The highest BCUT2D eigenvalue weighted by Gasteiger charge is 2.43. The molecule has 0 saturated carbocycles. The minimum atomic E-state index is 0.508. The summed E-state index contributed by atoms with van der Waals surface area (Å²) in [6, 6.07) is 0. The van der Waals surface area contributed by atoms with Crippen LogP contribution in [0.25, 0.3) is 0 Å². The van der Waals surface area contributed by atoms with Crippen molar-refractivity contribution < 1.29 is 0 Å². The summed E-state index contributed by atoms with van der Waals surface area (Å²) in [5.41, 5.74) is 0.508. The fourth-order valence-electron chi connectivity index (χ4n) is 3.18. The minimum absolute atomic E-state index is 0.508. The lowest BCUT2D eigenvalue weighted by atomic mass is 9.80. The van der Waals surface area contributed by atoms with Gasteiger partial charge in [0.1, 0.15) is 0 Å². The van der Waals surface area contributed by atoms with Crippen molar-refractivity contribution in [3.63, 3.8) is 0 Å². The number of hydrogen-bond acceptors (Lipinski definition) is 1. The molecule has 13 heavy (non-hydrogen) atoms. The van der Waals surface area contributed by atoms with Gasteiger partial charge in [-0.15, -0.1) is 0 Å². The van der Waals surface area contributed by atoms with E-state index in [1.807, 2.05) is 0 Å². The van der Waals surface area contributed by atoms with E-state index in [0.717, 1.165) is 11.8 Å². The van der Waals surface area contributed by atoms with Crippen LogP contribution in [0, 0.1) is 11.8 Å². The van der Waals surface area contributed by atoms with Crippen LogP contribution in [0.2, 0.25) is 0 Å². The quantitative estimate of drug-likeness (QED) is 0.649. The molecular weight excluding hydrogens is 158 g/mol. The highest BCUT2D eigenvalue weighted by molar-refractivity contribution is 4.98. The maximum Gasteiger partial charge on any atom is 0.0232 e. The van der Waals surface area contributed by atoms with Crippen LogP contribution in [0.1, 0.15) is 47.5 Å². The second-order valence-corrected chi connectivity index (χ2v) is 4.96. The summed E-state index contributed by atoms with van der Waals surface area (Å²) in [5.74, 6) is 1.68. The SMILES string of the molecule is CCN1CC(C)CC1(CC)C(C)C. The summed E-state index contributed by atoms with van der Waals surface area (Å²) < 4.78 is 0. The average Bonchev–Trinajstić information content (AvgIpc) is 2.42. The van der Waals surface area contributed by atoms with Gasteiger partial charge < -0.3 is 0 Å². The highest BCUT2D eigenvalue weighted by atomic mass is 15.2. The van der Waals surface area contributed by atoms with Crippen LogP contribution in [0.3, 0.4) is 0 Å². The molecule has 1 aliphatic heterocycles. The molecule has 2 atom stereocenters. The Bertz CT molecular complexity index is 165. The smallest absolute Gasteiger partial charge is 0.0232 e.